The van der Waals surface area contributed by atoms with Crippen molar-refractivity contribution in [2.45, 2.75) is 19.3 Å². The van der Waals surface area contributed by atoms with Gasteiger partial charge in [0.25, 0.3) is 0 Å². The number of H-pyrrole nitrogens is 1. The maximum absolute atomic E-state index is 14.4. The molecule has 10 heteroatoms. The van der Waals surface area contributed by atoms with Gasteiger partial charge in [-0.15, -0.1) is 0 Å². The summed E-state index contributed by atoms with van der Waals surface area (Å²) < 4.78 is 22.0. The zero-order valence-electron chi connectivity index (χ0n) is 18.3. The van der Waals surface area contributed by atoms with Crippen LogP contribution in [0.2, 0.25) is 0 Å². The topological polar surface area (TPSA) is 96.3 Å². The summed E-state index contributed by atoms with van der Waals surface area (Å²) >= 11 is 0. The summed E-state index contributed by atoms with van der Waals surface area (Å²) in [7, 11) is 3.77. The number of benzene rings is 1. The van der Waals surface area contributed by atoms with Crippen LogP contribution in [0.15, 0.2) is 36.8 Å². The standard InChI is InChI=1S/C23H23FN8O/c1-25-17-10-14(24)9-16-19-21(28-20(16)17)29-23(30-22(19)31(2)8-6-13-3-4-13)33-15-11-26-18-5-7-27-32(18)12-15/h5,7,9-13,25H,3-4,6,8H2,1-2H3,(H,28,29,30). The second kappa shape index (κ2) is 7.58. The average Bonchev–Trinajstić information content (AvgIpc) is 3.40. The SMILES string of the molecule is CNc1cc(F)cc2c1[nH]c1nc(Oc3cnc4ccnn4c3)nc(N(C)CCC3CC3)c12. The van der Waals surface area contributed by atoms with Crippen LogP contribution >= 0.6 is 0 Å². The molecule has 0 amide bonds. The number of anilines is 2. The van der Waals surface area contributed by atoms with Crippen LogP contribution in [0.4, 0.5) is 15.9 Å². The Morgan fingerprint density at radius 3 is 3.00 bits per heavy atom. The van der Waals surface area contributed by atoms with Crippen LogP contribution in [-0.2, 0) is 0 Å². The summed E-state index contributed by atoms with van der Waals surface area (Å²) in [5, 5.41) is 8.75. The highest BCUT2D eigenvalue weighted by atomic mass is 19.1. The van der Waals surface area contributed by atoms with Gasteiger partial charge in [0.05, 0.1) is 35.2 Å². The van der Waals surface area contributed by atoms with E-state index in [0.29, 0.717) is 22.9 Å². The minimum Gasteiger partial charge on any atom is -0.421 e. The number of ether oxygens (including phenoxy) is 1. The number of fused-ring (bicyclic) bond motifs is 4. The van der Waals surface area contributed by atoms with Gasteiger partial charge in [-0.1, -0.05) is 12.8 Å². The number of aromatic amines is 1. The molecule has 4 aromatic heterocycles. The van der Waals surface area contributed by atoms with Crippen LogP contribution in [0.25, 0.3) is 27.6 Å². The first-order valence-corrected chi connectivity index (χ1v) is 11.0. The zero-order chi connectivity index (χ0) is 22.5. The number of halogens is 1. The molecule has 2 N–H and O–H groups in total. The normalized spacial score (nSPS) is 13.8. The van der Waals surface area contributed by atoms with Crippen LogP contribution in [0.5, 0.6) is 11.8 Å². The molecule has 0 saturated heterocycles. The first-order valence-electron chi connectivity index (χ1n) is 11.0. The Kier molecular flexibility index (Phi) is 4.53. The Morgan fingerprint density at radius 2 is 2.18 bits per heavy atom. The molecule has 1 aliphatic carbocycles. The fourth-order valence-electron chi connectivity index (χ4n) is 4.18. The number of nitrogens with zero attached hydrogens (tertiary/aromatic N) is 6. The maximum atomic E-state index is 14.4. The molecule has 1 aliphatic rings. The first-order chi connectivity index (χ1) is 16.1. The van der Waals surface area contributed by atoms with Gasteiger partial charge in [0.15, 0.2) is 11.4 Å². The second-order valence-electron chi connectivity index (χ2n) is 8.48. The van der Waals surface area contributed by atoms with E-state index in [1.165, 1.54) is 25.0 Å². The van der Waals surface area contributed by atoms with E-state index in [0.717, 1.165) is 40.8 Å². The quantitative estimate of drug-likeness (QED) is 0.383. The van der Waals surface area contributed by atoms with Crippen molar-refractivity contribution in [2.75, 3.05) is 30.9 Å². The van der Waals surface area contributed by atoms with E-state index >= 15 is 0 Å². The van der Waals surface area contributed by atoms with Crippen molar-refractivity contribution in [2.24, 2.45) is 5.92 Å². The van der Waals surface area contributed by atoms with Gasteiger partial charge in [-0.05, 0) is 24.5 Å². The Bertz CT molecular complexity index is 1490. The number of nitrogens with one attached hydrogen (secondary N) is 2. The lowest BCUT2D eigenvalue weighted by Crippen LogP contribution is -2.20. The molecule has 5 aromatic rings. The van der Waals surface area contributed by atoms with Gasteiger partial charge < -0.3 is 19.9 Å². The Labute approximate surface area is 188 Å². The molecule has 0 radical (unpaired) electrons. The highest BCUT2D eigenvalue weighted by Crippen LogP contribution is 2.38. The summed E-state index contributed by atoms with van der Waals surface area (Å²) in [6, 6.07) is 4.97. The number of aromatic nitrogens is 6. The molecule has 33 heavy (non-hydrogen) atoms. The van der Waals surface area contributed by atoms with Crippen LogP contribution in [0.1, 0.15) is 19.3 Å². The molecule has 168 valence electrons. The van der Waals surface area contributed by atoms with Crippen molar-refractivity contribution in [3.63, 3.8) is 0 Å². The van der Waals surface area contributed by atoms with Crippen LogP contribution in [-0.4, -0.2) is 50.2 Å². The molecule has 0 aliphatic heterocycles. The predicted molar refractivity (Wildman–Crippen MR) is 125 cm³/mol. The van der Waals surface area contributed by atoms with E-state index in [1.807, 2.05) is 13.1 Å². The molecule has 0 bridgehead atoms. The number of hydrogen-bond acceptors (Lipinski definition) is 7. The van der Waals surface area contributed by atoms with Crippen molar-refractivity contribution in [3.05, 3.63) is 42.6 Å². The maximum Gasteiger partial charge on any atom is 0.326 e. The third-order valence-electron chi connectivity index (χ3n) is 6.12. The van der Waals surface area contributed by atoms with Crippen LogP contribution in [0, 0.1) is 11.7 Å². The second-order valence-corrected chi connectivity index (χ2v) is 8.48. The third-order valence-corrected chi connectivity index (χ3v) is 6.12. The van der Waals surface area contributed by atoms with Crippen LogP contribution < -0.4 is 15.0 Å². The lowest BCUT2D eigenvalue weighted by molar-refractivity contribution is 0.438. The lowest BCUT2D eigenvalue weighted by atomic mass is 10.1. The largest absolute Gasteiger partial charge is 0.421 e. The van der Waals surface area contributed by atoms with Gasteiger partial charge in [0.1, 0.15) is 17.3 Å². The Balaban J connectivity index is 1.48. The average molecular weight is 446 g/mol. The molecular formula is C23H23FN8O. The lowest BCUT2D eigenvalue weighted by Gasteiger charge is -2.19. The predicted octanol–water partition coefficient (Wildman–Crippen LogP) is 4.36. The molecule has 9 nitrogen and oxygen atoms in total. The first kappa shape index (κ1) is 19.7. The molecule has 1 fully saturated rings. The van der Waals surface area contributed by atoms with Crippen molar-refractivity contribution in [1.29, 1.82) is 0 Å². The summed E-state index contributed by atoms with van der Waals surface area (Å²) in [6.07, 6.45) is 8.68. The molecule has 0 unspecified atom stereocenters. The third kappa shape index (κ3) is 3.57. The summed E-state index contributed by atoms with van der Waals surface area (Å²) in [4.78, 5) is 19.1. The van der Waals surface area contributed by atoms with Crippen molar-refractivity contribution in [3.8, 4) is 11.8 Å². The zero-order valence-corrected chi connectivity index (χ0v) is 18.3. The number of rotatable bonds is 7. The van der Waals surface area contributed by atoms with Gasteiger partial charge >= 0.3 is 6.01 Å². The molecule has 1 aromatic carbocycles. The summed E-state index contributed by atoms with van der Waals surface area (Å²) in [5.41, 5.74) is 2.73. The molecule has 0 atom stereocenters. The van der Waals surface area contributed by atoms with E-state index in [4.69, 9.17) is 9.72 Å². The van der Waals surface area contributed by atoms with Gasteiger partial charge in [0, 0.05) is 32.1 Å². The van der Waals surface area contributed by atoms with Crippen molar-refractivity contribution < 1.29 is 9.13 Å². The smallest absolute Gasteiger partial charge is 0.326 e. The Morgan fingerprint density at radius 1 is 1.30 bits per heavy atom. The minimum atomic E-state index is -0.321. The van der Waals surface area contributed by atoms with Crippen molar-refractivity contribution >= 4 is 39.1 Å². The van der Waals surface area contributed by atoms with E-state index in [1.54, 1.807) is 30.2 Å². The molecule has 1 saturated carbocycles. The van der Waals surface area contributed by atoms with E-state index in [9.17, 15) is 4.39 Å². The van der Waals surface area contributed by atoms with Gasteiger partial charge in [0.2, 0.25) is 0 Å². The summed E-state index contributed by atoms with van der Waals surface area (Å²) in [6.45, 7) is 0.845. The van der Waals surface area contributed by atoms with Crippen LogP contribution in [0.3, 0.4) is 0 Å². The van der Waals surface area contributed by atoms with E-state index in [2.05, 4.69) is 30.3 Å². The monoisotopic (exact) mass is 446 g/mol. The molecule has 6 rings (SSSR count). The Hall–Kier alpha value is -3.95. The minimum absolute atomic E-state index is 0.183. The fourth-order valence-corrected chi connectivity index (χ4v) is 4.18. The van der Waals surface area contributed by atoms with Crippen molar-refractivity contribution in [1.82, 2.24) is 29.5 Å². The highest BCUT2D eigenvalue weighted by molar-refractivity contribution is 6.14. The van der Waals surface area contributed by atoms with E-state index in [-0.39, 0.29) is 11.8 Å². The molecular weight excluding hydrogens is 423 g/mol. The van der Waals surface area contributed by atoms with Gasteiger partial charge in [-0.2, -0.15) is 15.1 Å². The number of hydrogen-bond donors (Lipinski definition) is 2. The molecule has 4 heterocycles. The fraction of sp³-hybridized carbons (Fsp3) is 0.304. The summed E-state index contributed by atoms with van der Waals surface area (Å²) in [5.74, 6) is 1.62. The van der Waals surface area contributed by atoms with E-state index < -0.39 is 0 Å². The molecule has 0 spiro atoms. The van der Waals surface area contributed by atoms with Gasteiger partial charge in [-0.3, -0.25) is 0 Å². The van der Waals surface area contributed by atoms with Gasteiger partial charge in [-0.25, -0.2) is 13.9 Å². The highest BCUT2D eigenvalue weighted by Gasteiger charge is 2.24.